The quantitative estimate of drug-likeness (QED) is 0.187. The molecule has 5 nitrogen and oxygen atoms in total. The Balaban J connectivity index is 2.14. The zero-order valence-corrected chi connectivity index (χ0v) is 26.4. The third-order valence-corrected chi connectivity index (χ3v) is 14.6. The monoisotopic (exact) mass is 550 g/mol. The predicted molar refractivity (Wildman–Crippen MR) is 156 cm³/mol. The zero-order valence-electron chi connectivity index (χ0n) is 24.5. The molecule has 1 aliphatic rings. The number of hydrogen-bond donors (Lipinski definition) is 0. The summed E-state index contributed by atoms with van der Waals surface area (Å²) in [5.74, 6) is -0.171. The fraction of sp³-hybridized carbons (Fsp3) is 0.667. The van der Waals surface area contributed by atoms with Gasteiger partial charge in [-0.25, -0.2) is 8.42 Å². The van der Waals surface area contributed by atoms with E-state index >= 15 is 0 Å². The molecule has 0 aliphatic carbocycles. The lowest BCUT2D eigenvalue weighted by molar-refractivity contribution is -0.0964. The van der Waals surface area contributed by atoms with Crippen molar-refractivity contribution in [1.29, 1.82) is 0 Å². The summed E-state index contributed by atoms with van der Waals surface area (Å²) >= 11 is 0. The highest BCUT2D eigenvalue weighted by Gasteiger charge is 2.43. The summed E-state index contributed by atoms with van der Waals surface area (Å²) in [4.78, 5) is 0.358. The van der Waals surface area contributed by atoms with Crippen molar-refractivity contribution in [2.75, 3.05) is 19.8 Å². The Hall–Kier alpha value is -1.25. The minimum absolute atomic E-state index is 0.0884. The Morgan fingerprint density at radius 3 is 2.19 bits per heavy atom. The molecule has 0 amide bonds. The van der Waals surface area contributed by atoms with Gasteiger partial charge in [-0.1, -0.05) is 76.1 Å². The van der Waals surface area contributed by atoms with E-state index in [4.69, 9.17) is 13.9 Å². The average molecular weight is 551 g/mol. The molecule has 0 radical (unpaired) electrons. The van der Waals surface area contributed by atoms with Crippen LogP contribution >= 0.6 is 0 Å². The van der Waals surface area contributed by atoms with E-state index in [1.807, 2.05) is 13.0 Å². The van der Waals surface area contributed by atoms with Crippen molar-refractivity contribution in [3.63, 3.8) is 0 Å². The normalized spacial score (nSPS) is 18.4. The summed E-state index contributed by atoms with van der Waals surface area (Å²) in [6.45, 7) is 21.3. The molecule has 1 fully saturated rings. The van der Waals surface area contributed by atoms with Crippen LogP contribution in [0.2, 0.25) is 18.1 Å². The second kappa shape index (κ2) is 13.7. The lowest BCUT2D eigenvalue weighted by atomic mass is 9.88. The lowest BCUT2D eigenvalue weighted by Crippen LogP contribution is -2.41. The Bertz CT molecular complexity index is 1000. The van der Waals surface area contributed by atoms with E-state index in [1.165, 1.54) is 5.57 Å². The number of hydrogen-bond acceptors (Lipinski definition) is 5. The van der Waals surface area contributed by atoms with Gasteiger partial charge in [-0.05, 0) is 69.3 Å². The van der Waals surface area contributed by atoms with Crippen LogP contribution in [0.4, 0.5) is 0 Å². The van der Waals surface area contributed by atoms with Crippen LogP contribution in [0, 0.1) is 11.8 Å². The second-order valence-electron chi connectivity index (χ2n) is 12.2. The van der Waals surface area contributed by atoms with E-state index in [2.05, 4.69) is 66.8 Å². The first-order valence-corrected chi connectivity index (χ1v) is 18.1. The molecule has 1 aromatic carbocycles. The fourth-order valence-electron chi connectivity index (χ4n) is 4.41. The molecule has 7 heteroatoms. The van der Waals surface area contributed by atoms with E-state index in [-0.39, 0.29) is 16.9 Å². The molecule has 1 saturated heterocycles. The summed E-state index contributed by atoms with van der Waals surface area (Å²) in [6.07, 6.45) is 6.14. The van der Waals surface area contributed by atoms with Gasteiger partial charge in [-0.3, -0.25) is 0 Å². The average Bonchev–Trinajstić information content (AvgIpc) is 3.32. The van der Waals surface area contributed by atoms with Crippen molar-refractivity contribution in [3.05, 3.63) is 53.6 Å². The number of rotatable bonds is 13. The van der Waals surface area contributed by atoms with Gasteiger partial charge >= 0.3 is 0 Å². The highest BCUT2D eigenvalue weighted by molar-refractivity contribution is 7.92. The van der Waals surface area contributed by atoms with Gasteiger partial charge in [-0.15, -0.1) is 0 Å². The Kier molecular flexibility index (Phi) is 11.8. The fourth-order valence-corrected chi connectivity index (χ4v) is 7.57. The van der Waals surface area contributed by atoms with Gasteiger partial charge in [-0.2, -0.15) is 0 Å². The van der Waals surface area contributed by atoms with Gasteiger partial charge in [0.25, 0.3) is 0 Å². The molecule has 0 spiro atoms. The van der Waals surface area contributed by atoms with Crippen LogP contribution in [-0.2, 0) is 23.7 Å². The van der Waals surface area contributed by atoms with Crippen LogP contribution in [0.5, 0.6) is 0 Å². The predicted octanol–water partition coefficient (Wildman–Crippen LogP) is 7.56. The number of benzene rings is 1. The maximum Gasteiger partial charge on any atom is 0.192 e. The molecule has 2 atom stereocenters. The van der Waals surface area contributed by atoms with Gasteiger partial charge in [0.15, 0.2) is 24.4 Å². The minimum Gasteiger partial charge on any atom is -0.413 e. The van der Waals surface area contributed by atoms with Crippen molar-refractivity contribution in [3.8, 4) is 0 Å². The summed E-state index contributed by atoms with van der Waals surface area (Å²) in [5.41, 5.74) is 2.38. The molecule has 1 unspecified atom stereocenters. The highest BCUT2D eigenvalue weighted by Crippen LogP contribution is 2.37. The van der Waals surface area contributed by atoms with E-state index in [9.17, 15) is 8.42 Å². The Morgan fingerprint density at radius 2 is 1.65 bits per heavy atom. The van der Waals surface area contributed by atoms with Gasteiger partial charge < -0.3 is 13.9 Å². The first-order valence-electron chi connectivity index (χ1n) is 13.6. The lowest BCUT2D eigenvalue weighted by Gasteiger charge is -2.35. The summed E-state index contributed by atoms with van der Waals surface area (Å²) in [7, 11) is -5.33. The van der Waals surface area contributed by atoms with Crippen LogP contribution in [0.25, 0.3) is 0 Å². The van der Waals surface area contributed by atoms with Gasteiger partial charge in [0, 0.05) is 5.92 Å². The van der Waals surface area contributed by atoms with Gasteiger partial charge in [0.05, 0.1) is 30.0 Å². The van der Waals surface area contributed by atoms with Crippen molar-refractivity contribution in [1.82, 2.24) is 0 Å². The van der Waals surface area contributed by atoms with Crippen LogP contribution in [0.3, 0.4) is 0 Å². The van der Waals surface area contributed by atoms with Crippen molar-refractivity contribution < 1.29 is 22.3 Å². The summed E-state index contributed by atoms with van der Waals surface area (Å²) < 4.78 is 45.7. The Morgan fingerprint density at radius 1 is 1.05 bits per heavy atom. The second-order valence-corrected chi connectivity index (χ2v) is 19.2. The molecule has 0 N–H and O–H groups in total. The molecule has 0 aromatic heterocycles. The third-order valence-electron chi connectivity index (χ3n) is 7.87. The minimum atomic E-state index is -3.58. The Labute approximate surface area is 227 Å². The number of allylic oxidation sites excluding steroid dienone is 3. The van der Waals surface area contributed by atoms with Crippen molar-refractivity contribution in [2.24, 2.45) is 11.8 Å². The largest absolute Gasteiger partial charge is 0.413 e. The maximum absolute atomic E-state index is 13.9. The van der Waals surface area contributed by atoms with Crippen LogP contribution in [-0.4, -0.2) is 48.1 Å². The summed E-state index contributed by atoms with van der Waals surface area (Å²) in [6, 6.07) is 8.78. The number of ether oxygens (including phenoxy) is 2. The van der Waals surface area contributed by atoms with Crippen LogP contribution < -0.4 is 0 Å². The molecule has 1 heterocycles. The van der Waals surface area contributed by atoms with Crippen LogP contribution in [0.1, 0.15) is 67.7 Å². The number of sulfone groups is 1. The van der Waals surface area contributed by atoms with Crippen LogP contribution in [0.15, 0.2) is 58.5 Å². The van der Waals surface area contributed by atoms with E-state index in [1.54, 1.807) is 24.3 Å². The molecule has 1 aromatic rings. The molecule has 1 aliphatic heterocycles. The first-order chi connectivity index (χ1) is 17.2. The highest BCUT2D eigenvalue weighted by atomic mass is 32.2. The molecule has 2 rings (SSSR count). The van der Waals surface area contributed by atoms with Crippen molar-refractivity contribution in [2.45, 2.75) is 102 Å². The molecule has 0 bridgehead atoms. The molecule has 210 valence electrons. The molecular formula is C30H50O5SSi. The smallest absolute Gasteiger partial charge is 0.192 e. The molecule has 37 heavy (non-hydrogen) atoms. The van der Waals surface area contributed by atoms with Gasteiger partial charge in [0.1, 0.15) is 0 Å². The third kappa shape index (κ3) is 9.17. The van der Waals surface area contributed by atoms with E-state index < -0.39 is 29.7 Å². The topological polar surface area (TPSA) is 61.8 Å². The van der Waals surface area contributed by atoms with E-state index in [0.29, 0.717) is 31.1 Å². The summed E-state index contributed by atoms with van der Waals surface area (Å²) in [5, 5.41) is -0.419. The van der Waals surface area contributed by atoms with Gasteiger partial charge in [0.2, 0.25) is 0 Å². The van der Waals surface area contributed by atoms with E-state index in [0.717, 1.165) is 18.4 Å². The maximum atomic E-state index is 13.9. The SMILES string of the molecule is C/C(=C\CO[Si](C)(C)C(C)(C)C)CC/C=C(\C)CC([C@@H](C(C)C)C1OCCO1)S(=O)(=O)c1ccccc1. The molecular weight excluding hydrogens is 500 g/mol. The zero-order chi connectivity index (χ0) is 27.9. The molecule has 0 saturated carbocycles. The standard InChI is InChI=1S/C30H50O5SSi/c1-23(2)28(29-33-20-21-34-29)27(36(31,32)26-16-11-10-12-17-26)22-25(4)15-13-14-24(3)18-19-35-37(8,9)30(5,6)7/h10-12,15-18,23,27-29H,13-14,19-22H2,1-9H3/b24-18+,25-15+/t27?,28-/m1/s1. The first kappa shape index (κ1) is 32.0. The van der Waals surface area contributed by atoms with Crippen molar-refractivity contribution >= 4 is 18.2 Å².